The number of nitrogens with zero attached hydrogens (tertiary/aromatic N) is 2. The molecule has 31 heavy (non-hydrogen) atoms. The molecule has 2 heterocycles. The number of carbonyl (C=O) groups excluding carboxylic acids is 2. The number of piperidine rings is 1. The van der Waals surface area contributed by atoms with Crippen LogP contribution in [0.2, 0.25) is 10.0 Å². The van der Waals surface area contributed by atoms with Crippen LogP contribution in [-0.4, -0.2) is 29.8 Å². The summed E-state index contributed by atoms with van der Waals surface area (Å²) in [6.45, 7) is 7.85. The number of Topliss-reactive ketones (excluding diaryl/α,β-unsaturated/α-hetero) is 1. The van der Waals surface area contributed by atoms with Crippen molar-refractivity contribution < 1.29 is 9.59 Å². The molecule has 0 spiro atoms. The third-order valence-corrected chi connectivity index (χ3v) is 5.77. The van der Waals surface area contributed by atoms with Crippen LogP contribution in [0.1, 0.15) is 56.8 Å². The minimum atomic E-state index is -0.268. The number of rotatable bonds is 6. The van der Waals surface area contributed by atoms with Crippen molar-refractivity contribution in [2.24, 2.45) is 11.3 Å². The first-order chi connectivity index (χ1) is 14.6. The lowest BCUT2D eigenvalue weighted by Crippen LogP contribution is -2.35. The predicted molar refractivity (Wildman–Crippen MR) is 127 cm³/mol. The third kappa shape index (κ3) is 6.94. The van der Waals surface area contributed by atoms with Crippen LogP contribution in [0.3, 0.4) is 0 Å². The van der Waals surface area contributed by atoms with E-state index in [0.717, 1.165) is 25.9 Å². The van der Waals surface area contributed by atoms with Gasteiger partial charge in [0.2, 0.25) is 0 Å². The van der Waals surface area contributed by atoms with E-state index in [9.17, 15) is 9.59 Å². The summed E-state index contributed by atoms with van der Waals surface area (Å²) in [4.78, 5) is 31.7. The topological polar surface area (TPSA) is 62.3 Å². The van der Waals surface area contributed by atoms with E-state index in [2.05, 4.69) is 36.0 Å². The number of benzene rings is 1. The lowest BCUT2D eigenvalue weighted by Gasteiger charge is -2.34. The van der Waals surface area contributed by atoms with Gasteiger partial charge in [0.1, 0.15) is 5.78 Å². The summed E-state index contributed by atoms with van der Waals surface area (Å²) in [5, 5.41) is 3.87. The fourth-order valence-electron chi connectivity index (χ4n) is 3.93. The molecule has 7 heteroatoms. The van der Waals surface area contributed by atoms with Crippen molar-refractivity contribution in [3.05, 3.63) is 52.1 Å². The number of halogens is 2. The van der Waals surface area contributed by atoms with Crippen molar-refractivity contribution in [3.8, 4) is 0 Å². The van der Waals surface area contributed by atoms with Gasteiger partial charge in [0.15, 0.2) is 5.82 Å². The molecule has 2 aromatic rings. The van der Waals surface area contributed by atoms with E-state index in [-0.39, 0.29) is 11.3 Å². The highest BCUT2D eigenvalue weighted by atomic mass is 35.5. The minimum absolute atomic E-state index is 0.0289. The van der Waals surface area contributed by atoms with Gasteiger partial charge in [-0.3, -0.25) is 9.59 Å². The van der Waals surface area contributed by atoms with Gasteiger partial charge in [-0.05, 0) is 48.4 Å². The maximum Gasteiger partial charge on any atom is 0.255 e. The molecule has 1 aromatic heterocycles. The lowest BCUT2D eigenvalue weighted by molar-refractivity contribution is -0.121. The summed E-state index contributed by atoms with van der Waals surface area (Å²) in [7, 11) is 0. The molecule has 0 unspecified atom stereocenters. The zero-order chi connectivity index (χ0) is 22.6. The Morgan fingerprint density at radius 2 is 1.84 bits per heavy atom. The van der Waals surface area contributed by atoms with Gasteiger partial charge in [0.05, 0.1) is 10.7 Å². The zero-order valence-corrected chi connectivity index (χ0v) is 19.8. The Kier molecular flexibility index (Phi) is 7.60. The van der Waals surface area contributed by atoms with Crippen LogP contribution in [0.25, 0.3) is 0 Å². The predicted octanol–water partition coefficient (Wildman–Crippen LogP) is 6.25. The van der Waals surface area contributed by atoms with Gasteiger partial charge in [-0.2, -0.15) is 0 Å². The largest absolute Gasteiger partial charge is 0.355 e. The smallest absolute Gasteiger partial charge is 0.255 e. The van der Waals surface area contributed by atoms with Crippen molar-refractivity contribution in [2.75, 3.05) is 23.3 Å². The molecule has 3 rings (SSSR count). The van der Waals surface area contributed by atoms with Gasteiger partial charge in [-0.15, -0.1) is 0 Å². The van der Waals surface area contributed by atoms with E-state index in [4.69, 9.17) is 23.2 Å². The quantitative estimate of drug-likeness (QED) is 0.551. The molecule has 1 aromatic carbocycles. The number of carbonyl (C=O) groups is 2. The Morgan fingerprint density at radius 1 is 1.13 bits per heavy atom. The first kappa shape index (κ1) is 23.6. The van der Waals surface area contributed by atoms with Crippen LogP contribution in [-0.2, 0) is 4.79 Å². The second-order valence-electron chi connectivity index (χ2n) is 9.40. The molecular weight excluding hydrogens is 433 g/mol. The van der Waals surface area contributed by atoms with E-state index >= 15 is 0 Å². The third-order valence-electron chi connectivity index (χ3n) is 5.33. The fraction of sp³-hybridized carbons (Fsp3) is 0.458. The highest BCUT2D eigenvalue weighted by molar-refractivity contribution is 6.31. The summed E-state index contributed by atoms with van der Waals surface area (Å²) in [5.41, 5.74) is 1.07. The van der Waals surface area contributed by atoms with Crippen molar-refractivity contribution >= 4 is 46.4 Å². The van der Waals surface area contributed by atoms with Gasteiger partial charge >= 0.3 is 0 Å². The van der Waals surface area contributed by atoms with E-state index < -0.39 is 0 Å². The number of pyridine rings is 1. The van der Waals surface area contributed by atoms with Gasteiger partial charge in [-0.1, -0.05) is 50.0 Å². The molecule has 1 fully saturated rings. The molecule has 1 aliphatic heterocycles. The Morgan fingerprint density at radius 3 is 2.48 bits per heavy atom. The standard InChI is InChI=1S/C24H29Cl2N3O2/c1-24(2,3)14-20(30)11-16-7-9-29(10-8-16)22-21(13-19(26)15-27-22)28-23(31)17-5-4-6-18(25)12-17/h4-6,12-13,15-16H,7-11,14H2,1-3H3,(H,28,31). The van der Waals surface area contributed by atoms with E-state index in [0.29, 0.717) is 51.7 Å². The SMILES string of the molecule is CC(C)(C)CC(=O)CC1CCN(c2ncc(Cl)cc2NC(=O)c2cccc(Cl)c2)CC1. The maximum absolute atomic E-state index is 12.7. The summed E-state index contributed by atoms with van der Waals surface area (Å²) in [5.74, 6) is 1.16. The van der Waals surface area contributed by atoms with Crippen LogP contribution >= 0.6 is 23.2 Å². The summed E-state index contributed by atoms with van der Waals surface area (Å²) >= 11 is 12.2. The van der Waals surface area contributed by atoms with E-state index in [1.165, 1.54) is 0 Å². The minimum Gasteiger partial charge on any atom is -0.355 e. The van der Waals surface area contributed by atoms with Crippen molar-refractivity contribution in [2.45, 2.75) is 46.5 Å². The van der Waals surface area contributed by atoms with Crippen molar-refractivity contribution in [3.63, 3.8) is 0 Å². The van der Waals surface area contributed by atoms with E-state index in [1.54, 1.807) is 36.5 Å². The first-order valence-electron chi connectivity index (χ1n) is 10.6. The molecule has 1 aliphatic rings. The number of ketones is 1. The molecule has 0 atom stereocenters. The van der Waals surface area contributed by atoms with Crippen LogP contribution in [0.15, 0.2) is 36.5 Å². The Hall–Kier alpha value is -2.11. The molecule has 1 N–H and O–H groups in total. The van der Waals surface area contributed by atoms with Gasteiger partial charge in [0.25, 0.3) is 5.91 Å². The van der Waals surface area contributed by atoms with Gasteiger partial charge in [-0.25, -0.2) is 4.98 Å². The number of nitrogens with one attached hydrogen (secondary N) is 1. The van der Waals surface area contributed by atoms with Crippen LogP contribution in [0.5, 0.6) is 0 Å². The molecule has 166 valence electrons. The van der Waals surface area contributed by atoms with Crippen LogP contribution < -0.4 is 10.2 Å². The molecular formula is C24H29Cl2N3O2. The van der Waals surface area contributed by atoms with Crippen LogP contribution in [0.4, 0.5) is 11.5 Å². The monoisotopic (exact) mass is 461 g/mol. The lowest BCUT2D eigenvalue weighted by atomic mass is 9.84. The Labute approximate surface area is 194 Å². The fourth-order valence-corrected chi connectivity index (χ4v) is 4.28. The molecule has 5 nitrogen and oxygen atoms in total. The second-order valence-corrected chi connectivity index (χ2v) is 10.3. The first-order valence-corrected chi connectivity index (χ1v) is 11.4. The molecule has 1 saturated heterocycles. The number of hydrogen-bond donors (Lipinski definition) is 1. The highest BCUT2D eigenvalue weighted by Gasteiger charge is 2.26. The number of aromatic nitrogens is 1. The second kappa shape index (κ2) is 10.0. The van der Waals surface area contributed by atoms with Crippen LogP contribution in [0, 0.1) is 11.3 Å². The number of hydrogen-bond acceptors (Lipinski definition) is 4. The molecule has 1 amide bonds. The van der Waals surface area contributed by atoms with Gasteiger partial charge in [0, 0.05) is 42.7 Å². The number of amides is 1. The number of anilines is 2. The molecule has 0 radical (unpaired) electrons. The zero-order valence-electron chi connectivity index (χ0n) is 18.3. The Bertz CT molecular complexity index is 948. The van der Waals surface area contributed by atoms with E-state index in [1.807, 2.05) is 0 Å². The summed E-state index contributed by atoms with van der Waals surface area (Å²) < 4.78 is 0. The maximum atomic E-state index is 12.7. The highest BCUT2D eigenvalue weighted by Crippen LogP contribution is 2.32. The molecule has 0 bridgehead atoms. The van der Waals surface area contributed by atoms with Crippen molar-refractivity contribution in [1.82, 2.24) is 4.98 Å². The van der Waals surface area contributed by atoms with Gasteiger partial charge < -0.3 is 10.2 Å². The Balaban J connectivity index is 1.66. The molecule has 0 saturated carbocycles. The summed E-state index contributed by atoms with van der Waals surface area (Å²) in [6, 6.07) is 8.50. The molecule has 0 aliphatic carbocycles. The summed E-state index contributed by atoms with van der Waals surface area (Å²) in [6.07, 6.45) is 4.68. The average Bonchev–Trinajstić information content (AvgIpc) is 2.67. The van der Waals surface area contributed by atoms with Crippen molar-refractivity contribution in [1.29, 1.82) is 0 Å². The normalized spacial score (nSPS) is 15.1. The average molecular weight is 462 g/mol.